The van der Waals surface area contributed by atoms with E-state index >= 15 is 0 Å². The summed E-state index contributed by atoms with van der Waals surface area (Å²) in [6, 6.07) is 6.42. The van der Waals surface area contributed by atoms with Gasteiger partial charge in [-0.3, -0.25) is 14.9 Å². The highest BCUT2D eigenvalue weighted by Crippen LogP contribution is 2.20. The van der Waals surface area contributed by atoms with Gasteiger partial charge < -0.3 is 4.74 Å². The standard InChI is InChI=1S/C14H9F2NO4/c15-11-2-10(3-13(5-11)17(19)20)8-21-14-4-9(7-18)1-12(16)6-14/h1-7H,8H2. The Morgan fingerprint density at radius 1 is 1.10 bits per heavy atom. The number of aldehydes is 1. The average Bonchev–Trinajstić information content (AvgIpc) is 2.44. The molecule has 0 aromatic heterocycles. The van der Waals surface area contributed by atoms with Gasteiger partial charge in [0.2, 0.25) is 0 Å². The van der Waals surface area contributed by atoms with Crippen LogP contribution in [0.15, 0.2) is 36.4 Å². The number of nitro benzene ring substituents is 1. The van der Waals surface area contributed by atoms with E-state index in [0.717, 1.165) is 30.3 Å². The molecule has 0 atom stereocenters. The van der Waals surface area contributed by atoms with Gasteiger partial charge in [-0.15, -0.1) is 0 Å². The van der Waals surface area contributed by atoms with E-state index in [4.69, 9.17) is 4.74 Å². The second-order valence-corrected chi connectivity index (χ2v) is 4.20. The number of nitro groups is 1. The summed E-state index contributed by atoms with van der Waals surface area (Å²) in [5.41, 5.74) is -0.0877. The lowest BCUT2D eigenvalue weighted by atomic mass is 10.2. The van der Waals surface area contributed by atoms with Crippen molar-refractivity contribution < 1.29 is 23.2 Å². The van der Waals surface area contributed by atoms with E-state index in [2.05, 4.69) is 0 Å². The smallest absolute Gasteiger partial charge is 0.272 e. The van der Waals surface area contributed by atoms with Crippen molar-refractivity contribution in [2.45, 2.75) is 6.61 Å². The molecular formula is C14H9F2NO4. The molecule has 0 amide bonds. The monoisotopic (exact) mass is 293 g/mol. The van der Waals surface area contributed by atoms with E-state index in [1.54, 1.807) is 0 Å². The van der Waals surface area contributed by atoms with Crippen LogP contribution in [-0.2, 0) is 6.61 Å². The van der Waals surface area contributed by atoms with Crippen molar-refractivity contribution in [3.63, 3.8) is 0 Å². The number of nitrogens with zero attached hydrogens (tertiary/aromatic N) is 1. The van der Waals surface area contributed by atoms with Gasteiger partial charge in [0.1, 0.15) is 30.3 Å². The van der Waals surface area contributed by atoms with E-state index in [-0.39, 0.29) is 23.5 Å². The Morgan fingerprint density at radius 2 is 1.81 bits per heavy atom. The second kappa shape index (κ2) is 6.08. The van der Waals surface area contributed by atoms with Crippen LogP contribution in [0.3, 0.4) is 0 Å². The molecule has 0 aliphatic heterocycles. The van der Waals surface area contributed by atoms with Crippen LogP contribution in [0.1, 0.15) is 15.9 Å². The molecule has 0 spiro atoms. The highest BCUT2D eigenvalue weighted by Gasteiger charge is 2.10. The molecule has 0 radical (unpaired) electrons. The van der Waals surface area contributed by atoms with Gasteiger partial charge in [-0.1, -0.05) is 0 Å². The van der Waals surface area contributed by atoms with Crippen LogP contribution in [0.5, 0.6) is 5.75 Å². The summed E-state index contributed by atoms with van der Waals surface area (Å²) in [6.45, 7) is -0.194. The predicted molar refractivity (Wildman–Crippen MR) is 69.2 cm³/mol. The Balaban J connectivity index is 2.18. The maximum Gasteiger partial charge on any atom is 0.272 e. The number of hydrogen-bond acceptors (Lipinski definition) is 4. The normalized spacial score (nSPS) is 10.2. The third-order valence-corrected chi connectivity index (χ3v) is 2.59. The summed E-state index contributed by atoms with van der Waals surface area (Å²) >= 11 is 0. The minimum absolute atomic E-state index is 0.0732. The van der Waals surface area contributed by atoms with Crippen molar-refractivity contribution in [1.82, 2.24) is 0 Å². The largest absolute Gasteiger partial charge is 0.489 e. The molecule has 21 heavy (non-hydrogen) atoms. The molecule has 7 heteroatoms. The Morgan fingerprint density at radius 3 is 2.48 bits per heavy atom. The molecule has 0 saturated carbocycles. The summed E-state index contributed by atoms with van der Waals surface area (Å²) in [5.74, 6) is -1.35. The Bertz CT molecular complexity index is 703. The minimum atomic E-state index is -0.768. The number of halogens is 2. The van der Waals surface area contributed by atoms with Crippen molar-refractivity contribution in [2.24, 2.45) is 0 Å². The first-order valence-electron chi connectivity index (χ1n) is 5.80. The van der Waals surface area contributed by atoms with Crippen molar-refractivity contribution in [3.05, 3.63) is 69.3 Å². The van der Waals surface area contributed by atoms with Crippen LogP contribution in [0.4, 0.5) is 14.5 Å². The van der Waals surface area contributed by atoms with Crippen molar-refractivity contribution >= 4 is 12.0 Å². The maximum atomic E-state index is 13.2. The van der Waals surface area contributed by atoms with E-state index in [0.29, 0.717) is 6.29 Å². The quantitative estimate of drug-likeness (QED) is 0.482. The number of carbonyl (C=O) groups excluding carboxylic acids is 1. The first-order chi connectivity index (χ1) is 9.97. The SMILES string of the molecule is O=Cc1cc(F)cc(OCc2cc(F)cc([N+](=O)[O-])c2)c1. The lowest BCUT2D eigenvalue weighted by Crippen LogP contribution is -1.99. The summed E-state index contributed by atoms with van der Waals surface area (Å²) in [6.07, 6.45) is 0.461. The molecule has 0 heterocycles. The molecule has 0 unspecified atom stereocenters. The van der Waals surface area contributed by atoms with E-state index in [1.807, 2.05) is 0 Å². The molecule has 0 saturated heterocycles. The van der Waals surface area contributed by atoms with Gasteiger partial charge in [0, 0.05) is 17.7 Å². The molecule has 2 aromatic carbocycles. The summed E-state index contributed by atoms with van der Waals surface area (Å²) in [7, 11) is 0. The summed E-state index contributed by atoms with van der Waals surface area (Å²) in [4.78, 5) is 20.5. The fraction of sp³-hybridized carbons (Fsp3) is 0.0714. The minimum Gasteiger partial charge on any atom is -0.489 e. The molecule has 2 aromatic rings. The molecule has 5 nitrogen and oxygen atoms in total. The van der Waals surface area contributed by atoms with E-state index in [1.165, 1.54) is 6.07 Å². The van der Waals surface area contributed by atoms with Crippen molar-refractivity contribution in [1.29, 1.82) is 0 Å². The zero-order valence-electron chi connectivity index (χ0n) is 10.6. The predicted octanol–water partition coefficient (Wildman–Crippen LogP) is 3.26. The summed E-state index contributed by atoms with van der Waals surface area (Å²) < 4.78 is 31.6. The molecule has 0 bridgehead atoms. The topological polar surface area (TPSA) is 69.4 Å². The second-order valence-electron chi connectivity index (χ2n) is 4.20. The van der Waals surface area contributed by atoms with Crippen LogP contribution in [0.25, 0.3) is 0 Å². The van der Waals surface area contributed by atoms with Gasteiger partial charge >= 0.3 is 0 Å². The molecule has 0 aliphatic rings. The highest BCUT2D eigenvalue weighted by molar-refractivity contribution is 5.75. The van der Waals surface area contributed by atoms with Crippen molar-refractivity contribution in [3.8, 4) is 5.75 Å². The molecule has 108 valence electrons. The van der Waals surface area contributed by atoms with E-state index in [9.17, 15) is 23.7 Å². The first-order valence-corrected chi connectivity index (χ1v) is 5.80. The number of ether oxygens (including phenoxy) is 1. The average molecular weight is 293 g/mol. The van der Waals surface area contributed by atoms with Crippen LogP contribution < -0.4 is 4.74 Å². The number of hydrogen-bond donors (Lipinski definition) is 0. The van der Waals surface area contributed by atoms with Gasteiger partial charge in [0.05, 0.1) is 11.0 Å². The lowest BCUT2D eigenvalue weighted by molar-refractivity contribution is -0.385. The zero-order chi connectivity index (χ0) is 15.4. The van der Waals surface area contributed by atoms with Gasteiger partial charge in [-0.25, -0.2) is 8.78 Å². The lowest BCUT2D eigenvalue weighted by Gasteiger charge is -2.07. The maximum absolute atomic E-state index is 13.2. The van der Waals surface area contributed by atoms with Gasteiger partial charge in [-0.2, -0.15) is 0 Å². The Labute approximate surface area is 117 Å². The first kappa shape index (κ1) is 14.6. The molecule has 0 aliphatic carbocycles. The fourth-order valence-corrected chi connectivity index (χ4v) is 1.72. The van der Waals surface area contributed by atoms with Crippen molar-refractivity contribution in [2.75, 3.05) is 0 Å². The third-order valence-electron chi connectivity index (χ3n) is 2.59. The summed E-state index contributed by atoms with van der Waals surface area (Å²) in [5, 5.41) is 10.6. The van der Waals surface area contributed by atoms with E-state index < -0.39 is 22.2 Å². The fourth-order valence-electron chi connectivity index (χ4n) is 1.72. The van der Waals surface area contributed by atoms with Gasteiger partial charge in [0.25, 0.3) is 5.69 Å². The number of non-ortho nitro benzene ring substituents is 1. The zero-order valence-corrected chi connectivity index (χ0v) is 10.6. The Hall–Kier alpha value is -2.83. The molecule has 0 N–H and O–H groups in total. The van der Waals surface area contributed by atoms with Gasteiger partial charge in [0.15, 0.2) is 0 Å². The highest BCUT2D eigenvalue weighted by atomic mass is 19.1. The third kappa shape index (κ3) is 3.82. The number of rotatable bonds is 5. The van der Waals surface area contributed by atoms with Gasteiger partial charge in [-0.05, 0) is 23.8 Å². The van der Waals surface area contributed by atoms with Crippen LogP contribution in [-0.4, -0.2) is 11.2 Å². The van der Waals surface area contributed by atoms with Crippen LogP contribution in [0, 0.1) is 21.7 Å². The van der Waals surface area contributed by atoms with Crippen LogP contribution >= 0.6 is 0 Å². The molecule has 0 fully saturated rings. The number of benzene rings is 2. The number of carbonyl (C=O) groups is 1. The molecule has 2 rings (SSSR count). The van der Waals surface area contributed by atoms with Crippen LogP contribution in [0.2, 0.25) is 0 Å². The molecular weight excluding hydrogens is 284 g/mol. The Kier molecular flexibility index (Phi) is 4.22.